The molecule has 5 heteroatoms. The molecule has 0 fully saturated rings. The average molecular weight is 271 g/mol. The summed E-state index contributed by atoms with van der Waals surface area (Å²) in [5.41, 5.74) is 2.67. The van der Waals surface area contributed by atoms with Crippen molar-refractivity contribution in [2.45, 2.75) is 19.4 Å². The molecule has 0 radical (unpaired) electrons. The molecule has 3 rings (SSSR count). The number of nitrogens with zero attached hydrogens (tertiary/aromatic N) is 3. The van der Waals surface area contributed by atoms with Gasteiger partial charge in [-0.05, 0) is 42.7 Å². The Hall–Kier alpha value is -2.30. The van der Waals surface area contributed by atoms with Gasteiger partial charge in [-0.2, -0.15) is 5.10 Å². The first-order valence-electron chi connectivity index (χ1n) is 6.82. The summed E-state index contributed by atoms with van der Waals surface area (Å²) < 4.78 is 1.92. The summed E-state index contributed by atoms with van der Waals surface area (Å²) >= 11 is 0. The third-order valence-corrected chi connectivity index (χ3v) is 3.70. The number of benzene rings is 1. The van der Waals surface area contributed by atoms with Gasteiger partial charge in [0.15, 0.2) is 0 Å². The monoisotopic (exact) mass is 271 g/mol. The molecule has 0 aliphatic carbocycles. The Balaban J connectivity index is 1.77. The van der Waals surface area contributed by atoms with Gasteiger partial charge in [-0.25, -0.2) is 4.79 Å². The number of carbonyl (C=O) groups is 1. The quantitative estimate of drug-likeness (QED) is 0.924. The van der Waals surface area contributed by atoms with Gasteiger partial charge >= 0.3 is 5.97 Å². The molecule has 0 amide bonds. The van der Waals surface area contributed by atoms with Crippen LogP contribution in [0, 0.1) is 0 Å². The first-order chi connectivity index (χ1) is 9.74. The molecule has 5 nitrogen and oxygen atoms in total. The smallest absolute Gasteiger partial charge is 0.335 e. The van der Waals surface area contributed by atoms with Crippen LogP contribution in [0.4, 0.5) is 5.69 Å². The molecule has 1 N–H and O–H groups in total. The highest BCUT2D eigenvalue weighted by Crippen LogP contribution is 2.28. The van der Waals surface area contributed by atoms with Crippen LogP contribution in [0.2, 0.25) is 0 Å². The van der Waals surface area contributed by atoms with Gasteiger partial charge in [0.1, 0.15) is 0 Å². The number of carboxylic acid groups (broad SMARTS) is 1. The Labute approximate surface area is 117 Å². The third-order valence-electron chi connectivity index (χ3n) is 3.70. The molecule has 1 aromatic heterocycles. The van der Waals surface area contributed by atoms with Crippen LogP contribution in [-0.4, -0.2) is 33.9 Å². The molecular formula is C15H17N3O2. The molecule has 0 unspecified atom stereocenters. The number of aryl methyl sites for hydroxylation is 1. The van der Waals surface area contributed by atoms with Gasteiger partial charge in [0.25, 0.3) is 0 Å². The van der Waals surface area contributed by atoms with E-state index in [-0.39, 0.29) is 0 Å². The number of hydrogen-bond acceptors (Lipinski definition) is 3. The fraction of sp³-hybridized carbons (Fsp3) is 0.333. The van der Waals surface area contributed by atoms with Crippen molar-refractivity contribution in [3.63, 3.8) is 0 Å². The van der Waals surface area contributed by atoms with E-state index in [2.05, 4.69) is 10.00 Å². The lowest BCUT2D eigenvalue weighted by Crippen LogP contribution is -2.32. The largest absolute Gasteiger partial charge is 0.478 e. The number of anilines is 1. The number of fused-ring (bicyclic) bond motifs is 1. The first-order valence-corrected chi connectivity index (χ1v) is 6.82. The lowest BCUT2D eigenvalue weighted by molar-refractivity contribution is 0.0697. The van der Waals surface area contributed by atoms with Gasteiger partial charge in [0.2, 0.25) is 0 Å². The maximum Gasteiger partial charge on any atom is 0.335 e. The van der Waals surface area contributed by atoms with Crippen molar-refractivity contribution in [2.24, 2.45) is 0 Å². The van der Waals surface area contributed by atoms with Crippen molar-refractivity contribution in [1.82, 2.24) is 9.78 Å². The maximum atomic E-state index is 11.0. The van der Waals surface area contributed by atoms with Crippen LogP contribution in [0.25, 0.3) is 0 Å². The summed E-state index contributed by atoms with van der Waals surface area (Å²) in [5.74, 6) is -0.860. The van der Waals surface area contributed by atoms with Crippen LogP contribution in [0.3, 0.4) is 0 Å². The van der Waals surface area contributed by atoms with E-state index in [9.17, 15) is 4.79 Å². The standard InChI is InChI=1S/C15H17N3O2/c19-15(20)13-4-5-14-12(11-13)3-1-7-17(14)9-10-18-8-2-6-16-18/h2,4-6,8,11H,1,3,7,9-10H2,(H,19,20). The zero-order valence-corrected chi connectivity index (χ0v) is 11.2. The summed E-state index contributed by atoms with van der Waals surface area (Å²) in [4.78, 5) is 13.3. The Kier molecular flexibility index (Phi) is 3.41. The molecule has 1 aromatic carbocycles. The molecule has 0 bridgehead atoms. The minimum absolute atomic E-state index is 0.373. The van der Waals surface area contributed by atoms with Gasteiger partial charge in [0.05, 0.1) is 12.1 Å². The second-order valence-electron chi connectivity index (χ2n) is 5.01. The SMILES string of the molecule is O=C(O)c1ccc2c(c1)CCCN2CCn1cccn1. The van der Waals surface area contributed by atoms with Crippen LogP contribution in [0.1, 0.15) is 22.3 Å². The molecule has 0 saturated heterocycles. The molecule has 1 aliphatic heterocycles. The molecule has 2 heterocycles. The van der Waals surface area contributed by atoms with E-state index in [1.54, 1.807) is 18.3 Å². The van der Waals surface area contributed by atoms with Gasteiger partial charge in [-0.1, -0.05) is 0 Å². The third kappa shape index (κ3) is 2.52. The Bertz CT molecular complexity index is 608. The highest BCUT2D eigenvalue weighted by Gasteiger charge is 2.18. The molecule has 0 saturated carbocycles. The molecule has 0 atom stereocenters. The maximum absolute atomic E-state index is 11.0. The van der Waals surface area contributed by atoms with E-state index in [1.807, 2.05) is 23.0 Å². The Morgan fingerprint density at radius 3 is 3.00 bits per heavy atom. The van der Waals surface area contributed by atoms with Crippen molar-refractivity contribution >= 4 is 11.7 Å². The molecule has 20 heavy (non-hydrogen) atoms. The summed E-state index contributed by atoms with van der Waals surface area (Å²) in [5, 5.41) is 13.3. The predicted molar refractivity (Wildman–Crippen MR) is 76.2 cm³/mol. The van der Waals surface area contributed by atoms with Gasteiger partial charge in [-0.15, -0.1) is 0 Å². The molecular weight excluding hydrogens is 254 g/mol. The summed E-state index contributed by atoms with van der Waals surface area (Å²) in [6, 6.07) is 7.34. The van der Waals surface area contributed by atoms with Gasteiger partial charge < -0.3 is 10.0 Å². The number of hydrogen-bond donors (Lipinski definition) is 1. The molecule has 2 aromatic rings. The molecule has 104 valence electrons. The van der Waals surface area contributed by atoms with Crippen molar-refractivity contribution in [3.05, 3.63) is 47.8 Å². The van der Waals surface area contributed by atoms with Crippen LogP contribution in [0.15, 0.2) is 36.7 Å². The highest BCUT2D eigenvalue weighted by atomic mass is 16.4. The summed E-state index contributed by atoms with van der Waals surface area (Å²) in [7, 11) is 0. The Morgan fingerprint density at radius 2 is 2.25 bits per heavy atom. The van der Waals surface area contributed by atoms with Crippen LogP contribution in [0.5, 0.6) is 0 Å². The first kappa shape index (κ1) is 12.7. The normalized spacial score (nSPS) is 14.1. The van der Waals surface area contributed by atoms with Crippen LogP contribution >= 0.6 is 0 Å². The number of rotatable bonds is 4. The fourth-order valence-electron chi connectivity index (χ4n) is 2.70. The van der Waals surface area contributed by atoms with E-state index in [0.717, 1.165) is 43.7 Å². The number of carboxylic acids is 1. The van der Waals surface area contributed by atoms with Crippen molar-refractivity contribution < 1.29 is 9.90 Å². The fourth-order valence-corrected chi connectivity index (χ4v) is 2.70. The van der Waals surface area contributed by atoms with Crippen LogP contribution in [-0.2, 0) is 13.0 Å². The van der Waals surface area contributed by atoms with E-state index in [4.69, 9.17) is 5.11 Å². The van der Waals surface area contributed by atoms with Crippen molar-refractivity contribution in [1.29, 1.82) is 0 Å². The van der Waals surface area contributed by atoms with Gasteiger partial charge in [0, 0.05) is 31.2 Å². The van der Waals surface area contributed by atoms with E-state index in [1.165, 1.54) is 0 Å². The highest BCUT2D eigenvalue weighted by molar-refractivity contribution is 5.88. The number of aromatic nitrogens is 2. The number of aromatic carboxylic acids is 1. The van der Waals surface area contributed by atoms with E-state index >= 15 is 0 Å². The van der Waals surface area contributed by atoms with E-state index < -0.39 is 5.97 Å². The average Bonchev–Trinajstić information content (AvgIpc) is 2.97. The minimum atomic E-state index is -0.860. The summed E-state index contributed by atoms with van der Waals surface area (Å²) in [6.07, 6.45) is 5.76. The molecule has 0 spiro atoms. The minimum Gasteiger partial charge on any atom is -0.478 e. The topological polar surface area (TPSA) is 58.4 Å². The zero-order valence-electron chi connectivity index (χ0n) is 11.2. The van der Waals surface area contributed by atoms with Crippen LogP contribution < -0.4 is 4.90 Å². The predicted octanol–water partition coefficient (Wildman–Crippen LogP) is 2.03. The lowest BCUT2D eigenvalue weighted by Gasteiger charge is -2.31. The second kappa shape index (κ2) is 5.36. The van der Waals surface area contributed by atoms with Crippen molar-refractivity contribution in [3.8, 4) is 0 Å². The van der Waals surface area contributed by atoms with Crippen molar-refractivity contribution in [2.75, 3.05) is 18.0 Å². The summed E-state index contributed by atoms with van der Waals surface area (Å²) in [6.45, 7) is 2.74. The zero-order chi connectivity index (χ0) is 13.9. The molecule has 1 aliphatic rings. The van der Waals surface area contributed by atoms with Gasteiger partial charge in [-0.3, -0.25) is 4.68 Å². The van der Waals surface area contributed by atoms with E-state index in [0.29, 0.717) is 5.56 Å². The lowest BCUT2D eigenvalue weighted by atomic mass is 9.99. The Morgan fingerprint density at radius 1 is 1.35 bits per heavy atom. The second-order valence-corrected chi connectivity index (χ2v) is 5.01.